The SMILES string of the molecule is CC(C)(C)OC(=O)N1CC[C@H](c2cccc(-c3cccc(O)c3)c2)[C@@H](OCc2ccc3ccccc3c2)C1. The topological polar surface area (TPSA) is 59.0 Å². The first-order valence-corrected chi connectivity index (χ1v) is 13.2. The van der Waals surface area contributed by atoms with Gasteiger partial charge in [0.25, 0.3) is 0 Å². The molecule has 1 saturated heterocycles. The number of likely N-dealkylation sites (tertiary alicyclic amines) is 1. The molecule has 1 N–H and O–H groups in total. The minimum Gasteiger partial charge on any atom is -0.508 e. The molecular formula is C33H35NO4. The van der Waals surface area contributed by atoms with Crippen LogP contribution in [0.2, 0.25) is 0 Å². The Morgan fingerprint density at radius 2 is 1.63 bits per heavy atom. The minimum absolute atomic E-state index is 0.117. The Bertz CT molecular complexity index is 1420. The van der Waals surface area contributed by atoms with Crippen molar-refractivity contribution in [3.63, 3.8) is 0 Å². The van der Waals surface area contributed by atoms with Crippen LogP contribution in [0.3, 0.4) is 0 Å². The number of amides is 1. The number of hydrogen-bond acceptors (Lipinski definition) is 4. The van der Waals surface area contributed by atoms with Crippen molar-refractivity contribution in [3.8, 4) is 16.9 Å². The zero-order chi connectivity index (χ0) is 26.7. The van der Waals surface area contributed by atoms with Crippen LogP contribution in [-0.2, 0) is 16.1 Å². The summed E-state index contributed by atoms with van der Waals surface area (Å²) in [6.07, 6.45) is 0.274. The molecule has 196 valence electrons. The molecule has 38 heavy (non-hydrogen) atoms. The third-order valence-electron chi connectivity index (χ3n) is 6.98. The van der Waals surface area contributed by atoms with Crippen LogP contribution >= 0.6 is 0 Å². The molecule has 1 aliphatic heterocycles. The molecule has 0 radical (unpaired) electrons. The van der Waals surface area contributed by atoms with Gasteiger partial charge in [-0.15, -0.1) is 0 Å². The predicted octanol–water partition coefficient (Wildman–Crippen LogP) is 7.52. The normalized spacial score (nSPS) is 17.9. The summed E-state index contributed by atoms with van der Waals surface area (Å²) in [5.41, 5.74) is 3.72. The number of nitrogens with zero attached hydrogens (tertiary/aromatic N) is 1. The predicted molar refractivity (Wildman–Crippen MR) is 151 cm³/mol. The molecule has 1 amide bonds. The maximum absolute atomic E-state index is 12.9. The van der Waals surface area contributed by atoms with Crippen molar-refractivity contribution in [3.05, 3.63) is 102 Å². The van der Waals surface area contributed by atoms with Gasteiger partial charge in [0.15, 0.2) is 0 Å². The van der Waals surface area contributed by atoms with E-state index in [1.807, 2.05) is 45.0 Å². The van der Waals surface area contributed by atoms with Crippen molar-refractivity contribution in [2.75, 3.05) is 13.1 Å². The summed E-state index contributed by atoms with van der Waals surface area (Å²) in [6, 6.07) is 30.4. The Morgan fingerprint density at radius 1 is 0.895 bits per heavy atom. The zero-order valence-corrected chi connectivity index (χ0v) is 22.3. The van der Waals surface area contributed by atoms with Crippen molar-refractivity contribution < 1.29 is 19.4 Å². The van der Waals surface area contributed by atoms with Gasteiger partial charge in [-0.3, -0.25) is 0 Å². The lowest BCUT2D eigenvalue weighted by Gasteiger charge is -2.39. The number of hydrogen-bond donors (Lipinski definition) is 1. The third-order valence-corrected chi connectivity index (χ3v) is 6.98. The molecule has 2 atom stereocenters. The van der Waals surface area contributed by atoms with E-state index in [0.29, 0.717) is 19.7 Å². The number of phenols is 1. The summed E-state index contributed by atoms with van der Waals surface area (Å²) >= 11 is 0. The Kier molecular flexibility index (Phi) is 7.39. The van der Waals surface area contributed by atoms with E-state index in [9.17, 15) is 9.90 Å². The summed E-state index contributed by atoms with van der Waals surface area (Å²) in [5, 5.41) is 12.4. The van der Waals surface area contributed by atoms with E-state index in [1.54, 1.807) is 17.0 Å². The van der Waals surface area contributed by atoms with Crippen molar-refractivity contribution in [1.29, 1.82) is 0 Å². The molecule has 4 aromatic rings. The van der Waals surface area contributed by atoms with Crippen LogP contribution in [-0.4, -0.2) is 40.9 Å². The second kappa shape index (κ2) is 10.9. The molecule has 0 saturated carbocycles. The van der Waals surface area contributed by atoms with Gasteiger partial charge in [0.05, 0.1) is 19.3 Å². The number of piperidine rings is 1. The number of aromatic hydroxyl groups is 1. The smallest absolute Gasteiger partial charge is 0.410 e. The standard InChI is InChI=1S/C33H35NO4/c1-33(2,3)38-32(36)34-17-16-30(28-12-6-10-26(19-28)27-11-7-13-29(35)20-27)31(21-34)37-22-23-14-15-24-8-4-5-9-25(24)18-23/h4-15,18-20,30-31,35H,16-17,21-22H2,1-3H3/t30-,31+/m1/s1. The fourth-order valence-corrected chi connectivity index (χ4v) is 5.13. The molecule has 1 fully saturated rings. The van der Waals surface area contributed by atoms with E-state index < -0.39 is 5.60 Å². The number of fused-ring (bicyclic) bond motifs is 1. The second-order valence-corrected chi connectivity index (χ2v) is 11.0. The van der Waals surface area contributed by atoms with E-state index >= 15 is 0 Å². The van der Waals surface area contributed by atoms with Gasteiger partial charge in [0.2, 0.25) is 0 Å². The minimum atomic E-state index is -0.551. The summed E-state index contributed by atoms with van der Waals surface area (Å²) < 4.78 is 12.2. The molecule has 0 bridgehead atoms. The van der Waals surface area contributed by atoms with Crippen molar-refractivity contribution in [2.24, 2.45) is 0 Å². The van der Waals surface area contributed by atoms with E-state index in [0.717, 1.165) is 28.7 Å². The zero-order valence-electron chi connectivity index (χ0n) is 22.3. The van der Waals surface area contributed by atoms with Crippen LogP contribution in [0.5, 0.6) is 5.75 Å². The van der Waals surface area contributed by atoms with Gasteiger partial charge in [-0.1, -0.05) is 72.8 Å². The summed E-state index contributed by atoms with van der Waals surface area (Å²) in [6.45, 7) is 7.18. The number of carbonyl (C=O) groups is 1. The van der Waals surface area contributed by atoms with Gasteiger partial charge in [-0.05, 0) is 78.4 Å². The Morgan fingerprint density at radius 3 is 2.39 bits per heavy atom. The van der Waals surface area contributed by atoms with E-state index in [1.165, 1.54) is 10.8 Å². The van der Waals surface area contributed by atoms with Gasteiger partial charge in [-0.25, -0.2) is 4.79 Å². The highest BCUT2D eigenvalue weighted by Crippen LogP contribution is 2.34. The number of ether oxygens (including phenoxy) is 2. The van der Waals surface area contributed by atoms with Crippen LogP contribution in [0, 0.1) is 0 Å². The average Bonchev–Trinajstić information content (AvgIpc) is 2.91. The highest BCUT2D eigenvalue weighted by molar-refractivity contribution is 5.83. The molecule has 1 aliphatic rings. The van der Waals surface area contributed by atoms with Gasteiger partial charge in [0.1, 0.15) is 11.4 Å². The maximum Gasteiger partial charge on any atom is 0.410 e. The van der Waals surface area contributed by atoms with Gasteiger partial charge in [-0.2, -0.15) is 0 Å². The molecule has 5 rings (SSSR count). The first kappa shape index (κ1) is 25.8. The highest BCUT2D eigenvalue weighted by Gasteiger charge is 2.35. The molecule has 5 heteroatoms. The van der Waals surface area contributed by atoms with Crippen LogP contribution in [0.1, 0.15) is 44.2 Å². The van der Waals surface area contributed by atoms with E-state index in [-0.39, 0.29) is 23.9 Å². The van der Waals surface area contributed by atoms with Crippen LogP contribution in [0.4, 0.5) is 4.79 Å². The van der Waals surface area contributed by atoms with E-state index in [2.05, 4.69) is 54.6 Å². The van der Waals surface area contributed by atoms with E-state index in [4.69, 9.17) is 9.47 Å². The van der Waals surface area contributed by atoms with Crippen LogP contribution in [0.15, 0.2) is 91.0 Å². The summed E-state index contributed by atoms with van der Waals surface area (Å²) in [4.78, 5) is 14.7. The first-order chi connectivity index (χ1) is 18.2. The monoisotopic (exact) mass is 509 g/mol. The van der Waals surface area contributed by atoms with Gasteiger partial charge >= 0.3 is 6.09 Å². The van der Waals surface area contributed by atoms with Gasteiger partial charge in [0, 0.05) is 12.5 Å². The average molecular weight is 510 g/mol. The van der Waals surface area contributed by atoms with Crippen LogP contribution in [0.25, 0.3) is 21.9 Å². The number of benzene rings is 4. The summed E-state index contributed by atoms with van der Waals surface area (Å²) in [5.74, 6) is 0.363. The largest absolute Gasteiger partial charge is 0.508 e. The fourth-order valence-electron chi connectivity index (χ4n) is 5.13. The lowest BCUT2D eigenvalue weighted by atomic mass is 9.85. The molecular weight excluding hydrogens is 474 g/mol. The molecule has 0 aliphatic carbocycles. The van der Waals surface area contributed by atoms with Gasteiger partial charge < -0.3 is 19.5 Å². The van der Waals surface area contributed by atoms with Crippen molar-refractivity contribution in [1.82, 2.24) is 4.90 Å². The molecule has 5 nitrogen and oxygen atoms in total. The molecule has 4 aromatic carbocycles. The van der Waals surface area contributed by atoms with Crippen molar-refractivity contribution in [2.45, 2.75) is 51.4 Å². The van der Waals surface area contributed by atoms with Crippen LogP contribution < -0.4 is 0 Å². The number of phenolic OH excluding ortho intramolecular Hbond substituents is 1. The Labute approximate surface area is 224 Å². The summed E-state index contributed by atoms with van der Waals surface area (Å²) in [7, 11) is 0. The molecule has 0 unspecified atom stereocenters. The Hall–Kier alpha value is -3.83. The second-order valence-electron chi connectivity index (χ2n) is 11.0. The molecule has 0 aromatic heterocycles. The lowest BCUT2D eigenvalue weighted by Crippen LogP contribution is -2.48. The first-order valence-electron chi connectivity index (χ1n) is 13.2. The van der Waals surface area contributed by atoms with Crippen molar-refractivity contribution >= 4 is 16.9 Å². The number of rotatable bonds is 5. The highest BCUT2D eigenvalue weighted by atomic mass is 16.6. The molecule has 1 heterocycles. The molecule has 0 spiro atoms. The Balaban J connectivity index is 1.40. The maximum atomic E-state index is 12.9. The lowest BCUT2D eigenvalue weighted by molar-refractivity contribution is -0.0359. The fraction of sp³-hybridized carbons (Fsp3) is 0.303. The quantitative estimate of drug-likeness (QED) is 0.302. The third kappa shape index (κ3) is 6.17. The number of carbonyl (C=O) groups excluding carboxylic acids is 1.